The van der Waals surface area contributed by atoms with E-state index in [2.05, 4.69) is 25.3 Å². The van der Waals surface area contributed by atoms with Gasteiger partial charge < -0.3 is 19.9 Å². The van der Waals surface area contributed by atoms with Crippen molar-refractivity contribution in [3.05, 3.63) is 82.9 Å². The number of carbonyl (C=O) groups is 2. The number of aromatic nitrogens is 2. The van der Waals surface area contributed by atoms with Gasteiger partial charge in [0.05, 0.1) is 37.2 Å². The molecule has 0 aliphatic carbocycles. The van der Waals surface area contributed by atoms with E-state index in [9.17, 15) is 32.3 Å². The molecular formula is C31H28F4N4O5. The molecule has 13 heteroatoms. The Bertz CT molecular complexity index is 1780. The van der Waals surface area contributed by atoms with Gasteiger partial charge in [0.1, 0.15) is 17.3 Å². The van der Waals surface area contributed by atoms with Crippen LogP contribution in [0.15, 0.2) is 54.7 Å². The maximum atomic E-state index is 14.7. The third kappa shape index (κ3) is 5.62. The van der Waals surface area contributed by atoms with Crippen molar-refractivity contribution in [2.75, 3.05) is 25.6 Å². The van der Waals surface area contributed by atoms with Crippen LogP contribution >= 0.6 is 0 Å². The van der Waals surface area contributed by atoms with Crippen LogP contribution in [0.5, 0.6) is 5.75 Å². The molecule has 1 aliphatic rings. The third-order valence-corrected chi connectivity index (χ3v) is 7.40. The zero-order valence-corrected chi connectivity index (χ0v) is 24.1. The summed E-state index contributed by atoms with van der Waals surface area (Å²) in [6, 6.07) is 10.4. The minimum Gasteiger partial charge on any atom is -0.490 e. The van der Waals surface area contributed by atoms with E-state index in [1.54, 1.807) is 33.0 Å². The zero-order chi connectivity index (χ0) is 32.0. The van der Waals surface area contributed by atoms with E-state index in [4.69, 9.17) is 4.74 Å². The molecule has 1 atom stereocenters. The van der Waals surface area contributed by atoms with E-state index < -0.39 is 47.2 Å². The number of aryl methyl sites for hydroxylation is 1. The SMILES string of the molecule is COC(=O)Nc1cc(C(=O)NC[C@](O)(c2cc3c(c(-c4ccc(F)cc4)n2)OCC3(C)C)C(F)(F)F)cc2cc(C)cnc12. The van der Waals surface area contributed by atoms with Crippen LogP contribution < -0.4 is 15.4 Å². The molecule has 1 aliphatic heterocycles. The van der Waals surface area contributed by atoms with Crippen LogP contribution in [0.4, 0.5) is 28.0 Å². The van der Waals surface area contributed by atoms with Crippen LogP contribution in [0.3, 0.4) is 0 Å². The molecule has 44 heavy (non-hydrogen) atoms. The van der Waals surface area contributed by atoms with Gasteiger partial charge in [-0.15, -0.1) is 0 Å². The average molecular weight is 613 g/mol. The number of anilines is 1. The van der Waals surface area contributed by atoms with Gasteiger partial charge >= 0.3 is 12.3 Å². The number of ether oxygens (including phenoxy) is 2. The number of alkyl halides is 3. The van der Waals surface area contributed by atoms with E-state index in [0.29, 0.717) is 16.5 Å². The number of fused-ring (bicyclic) bond motifs is 2. The fourth-order valence-electron chi connectivity index (χ4n) is 4.92. The van der Waals surface area contributed by atoms with Gasteiger partial charge in [0.2, 0.25) is 5.60 Å². The Morgan fingerprint density at radius 3 is 2.48 bits per heavy atom. The normalized spacial score (nSPS) is 15.2. The Balaban J connectivity index is 1.55. The summed E-state index contributed by atoms with van der Waals surface area (Å²) in [5.74, 6) is -1.29. The Kier molecular flexibility index (Phi) is 7.70. The van der Waals surface area contributed by atoms with Crippen molar-refractivity contribution < 1.29 is 41.7 Å². The molecule has 4 aromatic rings. The van der Waals surface area contributed by atoms with E-state index in [0.717, 1.165) is 30.9 Å². The van der Waals surface area contributed by atoms with Gasteiger partial charge in [0.15, 0.2) is 0 Å². The smallest absolute Gasteiger partial charge is 0.424 e. The number of nitrogens with zero attached hydrogens (tertiary/aromatic N) is 2. The Hall–Kier alpha value is -4.78. The Labute approximate surface area is 249 Å². The number of amides is 2. The fourth-order valence-corrected chi connectivity index (χ4v) is 4.92. The monoisotopic (exact) mass is 612 g/mol. The van der Waals surface area contributed by atoms with E-state index in [1.165, 1.54) is 24.3 Å². The molecule has 0 unspecified atom stereocenters. The summed E-state index contributed by atoms with van der Waals surface area (Å²) in [6.45, 7) is 4.13. The van der Waals surface area contributed by atoms with Crippen LogP contribution in [0.1, 0.15) is 41.0 Å². The molecule has 0 radical (unpaired) electrons. The van der Waals surface area contributed by atoms with Gasteiger partial charge in [-0.25, -0.2) is 14.2 Å². The van der Waals surface area contributed by atoms with Crippen molar-refractivity contribution in [1.29, 1.82) is 0 Å². The van der Waals surface area contributed by atoms with Crippen LogP contribution in [0.25, 0.3) is 22.2 Å². The third-order valence-electron chi connectivity index (χ3n) is 7.40. The summed E-state index contributed by atoms with van der Waals surface area (Å²) in [4.78, 5) is 33.6. The second-order valence-electron chi connectivity index (χ2n) is 11.2. The Morgan fingerprint density at radius 1 is 1.11 bits per heavy atom. The summed E-state index contributed by atoms with van der Waals surface area (Å²) in [5.41, 5.74) is -3.46. The largest absolute Gasteiger partial charge is 0.490 e. The number of benzene rings is 2. The molecule has 5 rings (SSSR count). The molecule has 9 nitrogen and oxygen atoms in total. The standard InChI is InChI=1S/C31H28F4N4O5/c1-16-9-18-10-19(11-22(24(18)36-13-16)38-28(41)43-4)27(40)37-14-30(42,31(33,34)35)23-12-21-26(44-15-29(21,2)3)25(39-23)17-5-7-20(32)8-6-17/h5-13,42H,14-15H2,1-4H3,(H,37,40)(H,38,41)/t30-/m0/s1. The lowest BCUT2D eigenvalue weighted by atomic mass is 9.84. The first-order chi connectivity index (χ1) is 20.6. The van der Waals surface area contributed by atoms with Gasteiger partial charge in [-0.3, -0.25) is 15.1 Å². The van der Waals surface area contributed by atoms with Gasteiger partial charge in [-0.1, -0.05) is 13.8 Å². The number of nitrogens with one attached hydrogen (secondary N) is 2. The topological polar surface area (TPSA) is 123 Å². The highest BCUT2D eigenvalue weighted by atomic mass is 19.4. The highest BCUT2D eigenvalue weighted by Gasteiger charge is 2.57. The molecule has 230 valence electrons. The second kappa shape index (κ2) is 11.1. The molecule has 0 fully saturated rings. The predicted octanol–water partition coefficient (Wildman–Crippen LogP) is 5.77. The molecule has 0 saturated carbocycles. The number of hydrogen-bond acceptors (Lipinski definition) is 7. The molecule has 2 aromatic heterocycles. The molecule has 0 spiro atoms. The first kappa shape index (κ1) is 30.7. The van der Waals surface area contributed by atoms with Crippen LogP contribution in [-0.4, -0.2) is 53.5 Å². The van der Waals surface area contributed by atoms with Crippen molar-refractivity contribution in [1.82, 2.24) is 15.3 Å². The van der Waals surface area contributed by atoms with E-state index in [-0.39, 0.29) is 34.9 Å². The first-order valence-electron chi connectivity index (χ1n) is 13.4. The quantitative estimate of drug-likeness (QED) is 0.236. The summed E-state index contributed by atoms with van der Waals surface area (Å²) in [6.07, 6.45) is -4.58. The highest BCUT2D eigenvalue weighted by molar-refractivity contribution is 6.05. The summed E-state index contributed by atoms with van der Waals surface area (Å²) in [5, 5.41) is 16.3. The van der Waals surface area contributed by atoms with Crippen molar-refractivity contribution >= 4 is 28.6 Å². The van der Waals surface area contributed by atoms with Crippen molar-refractivity contribution in [3.8, 4) is 17.0 Å². The minimum atomic E-state index is -5.28. The predicted molar refractivity (Wildman–Crippen MR) is 153 cm³/mol. The summed E-state index contributed by atoms with van der Waals surface area (Å²) in [7, 11) is 1.14. The van der Waals surface area contributed by atoms with Crippen molar-refractivity contribution in [3.63, 3.8) is 0 Å². The lowest BCUT2D eigenvalue weighted by Crippen LogP contribution is -2.51. The second-order valence-corrected chi connectivity index (χ2v) is 11.2. The molecule has 2 amide bonds. The molecule has 2 aromatic carbocycles. The lowest BCUT2D eigenvalue weighted by molar-refractivity contribution is -0.265. The number of pyridine rings is 2. The first-order valence-corrected chi connectivity index (χ1v) is 13.4. The van der Waals surface area contributed by atoms with Gasteiger partial charge in [0, 0.05) is 33.7 Å². The molecule has 0 saturated heterocycles. The Morgan fingerprint density at radius 2 is 1.82 bits per heavy atom. The van der Waals surface area contributed by atoms with Gasteiger partial charge in [-0.2, -0.15) is 13.2 Å². The van der Waals surface area contributed by atoms with Crippen molar-refractivity contribution in [2.45, 2.75) is 38.0 Å². The van der Waals surface area contributed by atoms with Crippen LogP contribution in [0, 0.1) is 12.7 Å². The van der Waals surface area contributed by atoms with E-state index >= 15 is 0 Å². The van der Waals surface area contributed by atoms with Crippen LogP contribution in [-0.2, 0) is 15.8 Å². The highest BCUT2D eigenvalue weighted by Crippen LogP contribution is 2.47. The van der Waals surface area contributed by atoms with Gasteiger partial charge in [-0.05, 0) is 61.0 Å². The van der Waals surface area contributed by atoms with Crippen LogP contribution in [0.2, 0.25) is 0 Å². The lowest BCUT2D eigenvalue weighted by Gasteiger charge is -2.31. The van der Waals surface area contributed by atoms with Gasteiger partial charge in [0.25, 0.3) is 5.91 Å². The van der Waals surface area contributed by atoms with Crippen molar-refractivity contribution in [2.24, 2.45) is 0 Å². The fraction of sp³-hybridized carbons (Fsp3) is 0.290. The van der Waals surface area contributed by atoms with E-state index in [1.807, 2.05) is 0 Å². The number of carbonyl (C=O) groups excluding carboxylic acids is 2. The maximum absolute atomic E-state index is 14.7. The zero-order valence-electron chi connectivity index (χ0n) is 24.1. The summed E-state index contributed by atoms with van der Waals surface area (Å²) >= 11 is 0. The molecular weight excluding hydrogens is 584 g/mol. The number of hydrogen-bond donors (Lipinski definition) is 3. The number of rotatable bonds is 6. The average Bonchev–Trinajstić information content (AvgIpc) is 3.28. The number of methoxy groups -OCH3 is 1. The maximum Gasteiger partial charge on any atom is 0.424 e. The minimum absolute atomic E-state index is 0.00648. The molecule has 0 bridgehead atoms. The number of halogens is 4. The molecule has 3 heterocycles. The number of aliphatic hydroxyl groups is 1. The summed E-state index contributed by atoms with van der Waals surface area (Å²) < 4.78 is 68.1. The molecule has 3 N–H and O–H groups in total.